The first-order valence-corrected chi connectivity index (χ1v) is 10.3. The Labute approximate surface area is 182 Å². The van der Waals surface area contributed by atoms with Crippen LogP contribution >= 0.6 is 11.6 Å². The quantitative estimate of drug-likeness (QED) is 0.635. The number of carbonyl (C=O) groups is 2. The van der Waals surface area contributed by atoms with Gasteiger partial charge in [0.1, 0.15) is 17.6 Å². The molecule has 0 aromatic heterocycles. The van der Waals surface area contributed by atoms with Crippen LogP contribution in [0.4, 0.5) is 4.39 Å². The number of benzene rings is 2. The topological polar surface area (TPSA) is 58.6 Å². The summed E-state index contributed by atoms with van der Waals surface area (Å²) < 4.78 is 19.8. The molecule has 30 heavy (non-hydrogen) atoms. The molecule has 162 valence electrons. The van der Waals surface area contributed by atoms with E-state index >= 15 is 0 Å². The van der Waals surface area contributed by atoms with Crippen molar-refractivity contribution in [3.63, 3.8) is 0 Å². The van der Waals surface area contributed by atoms with Crippen molar-refractivity contribution in [1.82, 2.24) is 10.2 Å². The Morgan fingerprint density at radius 2 is 1.83 bits per heavy atom. The number of nitrogens with one attached hydrogen (secondary N) is 1. The van der Waals surface area contributed by atoms with Crippen molar-refractivity contribution in [2.45, 2.75) is 46.7 Å². The average molecular weight is 435 g/mol. The summed E-state index contributed by atoms with van der Waals surface area (Å²) in [6.45, 7) is 7.47. The van der Waals surface area contributed by atoms with Crippen LogP contribution in [0.3, 0.4) is 0 Å². The average Bonchev–Trinajstić information content (AvgIpc) is 2.72. The monoisotopic (exact) mass is 434 g/mol. The summed E-state index contributed by atoms with van der Waals surface area (Å²) in [7, 11) is 0. The van der Waals surface area contributed by atoms with Gasteiger partial charge in [-0.05, 0) is 56.5 Å². The van der Waals surface area contributed by atoms with Crippen molar-refractivity contribution < 1.29 is 18.7 Å². The van der Waals surface area contributed by atoms with Gasteiger partial charge in [0.2, 0.25) is 5.91 Å². The summed E-state index contributed by atoms with van der Waals surface area (Å²) in [6, 6.07) is 8.92. The van der Waals surface area contributed by atoms with Crippen molar-refractivity contribution in [3.8, 4) is 5.75 Å². The highest BCUT2D eigenvalue weighted by Crippen LogP contribution is 2.26. The van der Waals surface area contributed by atoms with Gasteiger partial charge >= 0.3 is 0 Å². The molecule has 2 amide bonds. The summed E-state index contributed by atoms with van der Waals surface area (Å²) in [6.07, 6.45) is 0.776. The third kappa shape index (κ3) is 6.20. The van der Waals surface area contributed by atoms with Crippen molar-refractivity contribution in [3.05, 3.63) is 63.9 Å². The maximum atomic E-state index is 14.2. The Kier molecular flexibility index (Phi) is 8.66. The first-order valence-electron chi connectivity index (χ1n) is 9.94. The van der Waals surface area contributed by atoms with E-state index in [1.54, 1.807) is 37.3 Å². The van der Waals surface area contributed by atoms with Crippen molar-refractivity contribution in [2.75, 3.05) is 13.2 Å². The van der Waals surface area contributed by atoms with Crippen LogP contribution in [0.5, 0.6) is 5.75 Å². The lowest BCUT2D eigenvalue weighted by Gasteiger charge is -2.29. The second-order valence-corrected chi connectivity index (χ2v) is 7.62. The zero-order valence-electron chi connectivity index (χ0n) is 17.8. The van der Waals surface area contributed by atoms with Gasteiger partial charge in [0.15, 0.2) is 6.61 Å². The fraction of sp³-hybridized carbons (Fsp3) is 0.391. The van der Waals surface area contributed by atoms with Gasteiger partial charge in [-0.15, -0.1) is 0 Å². The van der Waals surface area contributed by atoms with E-state index in [0.29, 0.717) is 22.9 Å². The smallest absolute Gasteiger partial charge is 0.261 e. The first-order chi connectivity index (χ1) is 14.2. The molecule has 0 unspecified atom stereocenters. The lowest BCUT2D eigenvalue weighted by Crippen LogP contribution is -2.49. The van der Waals surface area contributed by atoms with Gasteiger partial charge in [0, 0.05) is 23.7 Å². The van der Waals surface area contributed by atoms with Crippen LogP contribution in [0.1, 0.15) is 37.0 Å². The summed E-state index contributed by atoms with van der Waals surface area (Å²) >= 11 is 6.18. The zero-order chi connectivity index (χ0) is 22.3. The van der Waals surface area contributed by atoms with Crippen LogP contribution in [-0.2, 0) is 16.1 Å². The Bertz CT molecular complexity index is 881. The molecule has 0 aliphatic heterocycles. The highest BCUT2D eigenvalue weighted by Gasteiger charge is 2.27. The molecule has 1 N–H and O–H groups in total. The van der Waals surface area contributed by atoms with Crippen molar-refractivity contribution in [1.29, 1.82) is 0 Å². The van der Waals surface area contributed by atoms with Crippen LogP contribution in [-0.4, -0.2) is 35.9 Å². The number of ether oxygens (including phenoxy) is 1. The van der Waals surface area contributed by atoms with Crippen molar-refractivity contribution >= 4 is 23.4 Å². The van der Waals surface area contributed by atoms with Gasteiger partial charge in [0.25, 0.3) is 5.91 Å². The summed E-state index contributed by atoms with van der Waals surface area (Å²) in [5.74, 6) is -0.625. The molecule has 1 atom stereocenters. The second kappa shape index (κ2) is 11.0. The molecule has 7 heteroatoms. The number of carbonyl (C=O) groups excluding carboxylic acids is 2. The van der Waals surface area contributed by atoms with Gasteiger partial charge in [-0.3, -0.25) is 9.59 Å². The Hall–Kier alpha value is -2.60. The number of nitrogens with zero attached hydrogens (tertiary/aromatic N) is 1. The predicted molar refractivity (Wildman–Crippen MR) is 116 cm³/mol. The number of amides is 2. The molecule has 2 aromatic rings. The molecule has 0 aliphatic rings. The Morgan fingerprint density at radius 1 is 1.20 bits per heavy atom. The minimum Gasteiger partial charge on any atom is -0.484 e. The minimum atomic E-state index is -0.777. The van der Waals surface area contributed by atoms with Crippen LogP contribution in [0, 0.1) is 19.7 Å². The molecule has 0 bridgehead atoms. The van der Waals surface area contributed by atoms with E-state index in [1.807, 2.05) is 20.8 Å². The van der Waals surface area contributed by atoms with Gasteiger partial charge in [0.05, 0.1) is 0 Å². The molecule has 0 heterocycles. The summed E-state index contributed by atoms with van der Waals surface area (Å²) in [4.78, 5) is 26.8. The maximum absolute atomic E-state index is 14.2. The fourth-order valence-corrected chi connectivity index (χ4v) is 3.12. The predicted octanol–water partition coefficient (Wildman–Crippen LogP) is 4.42. The van der Waals surface area contributed by atoms with Crippen LogP contribution < -0.4 is 10.1 Å². The summed E-state index contributed by atoms with van der Waals surface area (Å²) in [5.41, 5.74) is 2.02. The molecule has 5 nitrogen and oxygen atoms in total. The highest BCUT2D eigenvalue weighted by atomic mass is 35.5. The molecule has 0 aliphatic carbocycles. The molecule has 0 spiro atoms. The van der Waals surface area contributed by atoms with Crippen LogP contribution in [0.15, 0.2) is 36.4 Å². The number of rotatable bonds is 9. The van der Waals surface area contributed by atoms with Crippen LogP contribution in [0.25, 0.3) is 0 Å². The molecule has 0 saturated carbocycles. The first kappa shape index (κ1) is 23.7. The lowest BCUT2D eigenvalue weighted by atomic mass is 10.1. The highest BCUT2D eigenvalue weighted by molar-refractivity contribution is 6.32. The number of hydrogen-bond donors (Lipinski definition) is 1. The molecule has 0 saturated heterocycles. The second-order valence-electron chi connectivity index (χ2n) is 7.24. The molecule has 2 aromatic carbocycles. The molecular formula is C23H28ClFN2O3. The van der Waals surface area contributed by atoms with E-state index in [1.165, 1.54) is 11.0 Å². The number of hydrogen-bond acceptors (Lipinski definition) is 3. The minimum absolute atomic E-state index is 0.0335. The largest absolute Gasteiger partial charge is 0.484 e. The van der Waals surface area contributed by atoms with E-state index in [9.17, 15) is 14.0 Å². The zero-order valence-corrected chi connectivity index (χ0v) is 18.6. The lowest BCUT2D eigenvalue weighted by molar-refractivity contribution is -0.142. The van der Waals surface area contributed by atoms with Crippen LogP contribution in [0.2, 0.25) is 5.02 Å². The van der Waals surface area contributed by atoms with E-state index in [4.69, 9.17) is 16.3 Å². The van der Waals surface area contributed by atoms with E-state index in [-0.39, 0.29) is 19.1 Å². The van der Waals surface area contributed by atoms with E-state index in [0.717, 1.165) is 17.5 Å². The van der Waals surface area contributed by atoms with Gasteiger partial charge in [-0.25, -0.2) is 4.39 Å². The summed E-state index contributed by atoms with van der Waals surface area (Å²) in [5, 5.41) is 3.43. The standard InChI is InChI=1S/C23H28ClFN2O3/c1-5-10-26-23(29)17(4)27(13-18-8-6-7-9-20(18)25)21(28)14-30-19-11-15(2)22(24)16(3)12-19/h6-9,11-12,17H,5,10,13-14H2,1-4H3,(H,26,29)/t17-/m1/s1. The van der Waals surface area contributed by atoms with E-state index in [2.05, 4.69) is 5.32 Å². The van der Waals surface area contributed by atoms with E-state index < -0.39 is 17.8 Å². The maximum Gasteiger partial charge on any atom is 0.261 e. The molecule has 0 radical (unpaired) electrons. The number of halogens is 2. The van der Waals surface area contributed by atoms with Crippen molar-refractivity contribution in [2.24, 2.45) is 0 Å². The number of aryl methyl sites for hydroxylation is 2. The van der Waals surface area contributed by atoms with Gasteiger partial charge in [-0.1, -0.05) is 36.7 Å². The van der Waals surface area contributed by atoms with Gasteiger partial charge < -0.3 is 15.0 Å². The third-order valence-electron chi connectivity index (χ3n) is 4.79. The molecular weight excluding hydrogens is 407 g/mol. The third-order valence-corrected chi connectivity index (χ3v) is 5.38. The molecule has 0 fully saturated rings. The Balaban J connectivity index is 2.18. The fourth-order valence-electron chi connectivity index (χ4n) is 3.01. The SMILES string of the molecule is CCCNC(=O)[C@@H](C)N(Cc1ccccc1F)C(=O)COc1cc(C)c(Cl)c(C)c1. The Morgan fingerprint density at radius 3 is 2.43 bits per heavy atom. The van der Waals surface area contributed by atoms with Gasteiger partial charge in [-0.2, -0.15) is 0 Å². The normalized spacial score (nSPS) is 11.7. The molecule has 2 rings (SSSR count).